The lowest BCUT2D eigenvalue weighted by molar-refractivity contribution is -0.154. The molecular weight excluding hydrogens is 216 g/mol. The molecule has 0 aromatic rings. The Kier molecular flexibility index (Phi) is 3.73. The molecule has 98 valence electrons. The summed E-state index contributed by atoms with van der Waals surface area (Å²) < 4.78 is 5.28. The first kappa shape index (κ1) is 12.8. The molecule has 1 heterocycles. The molecule has 1 N–H and O–H groups in total. The molecule has 1 aliphatic heterocycles. The number of carbonyl (C=O) groups excluding carboxylic acids is 1. The lowest BCUT2D eigenvalue weighted by Gasteiger charge is -2.43. The average molecular weight is 240 g/mol. The van der Waals surface area contributed by atoms with Gasteiger partial charge in [-0.25, -0.2) is 0 Å². The summed E-state index contributed by atoms with van der Waals surface area (Å²) in [6, 6.07) is 0.967. The Morgan fingerprint density at radius 3 is 2.76 bits per heavy atom. The molecule has 0 spiro atoms. The van der Waals surface area contributed by atoms with E-state index in [9.17, 15) is 4.79 Å². The second kappa shape index (κ2) is 4.94. The van der Waals surface area contributed by atoms with Crippen molar-refractivity contribution in [3.63, 3.8) is 0 Å². The quantitative estimate of drug-likeness (QED) is 0.749. The van der Waals surface area contributed by atoms with Crippen LogP contribution in [0.2, 0.25) is 0 Å². The minimum Gasteiger partial charge on any atom is -0.465 e. The van der Waals surface area contributed by atoms with E-state index >= 15 is 0 Å². The minimum atomic E-state index is -0.427. The molecule has 2 aliphatic rings. The van der Waals surface area contributed by atoms with Gasteiger partial charge in [0, 0.05) is 18.6 Å². The number of hydrogen-bond acceptors (Lipinski definition) is 4. The predicted molar refractivity (Wildman–Crippen MR) is 66.8 cm³/mol. The van der Waals surface area contributed by atoms with Gasteiger partial charge >= 0.3 is 5.97 Å². The zero-order chi connectivity index (χ0) is 12.5. The van der Waals surface area contributed by atoms with Crippen molar-refractivity contribution in [2.75, 3.05) is 20.2 Å². The molecule has 2 atom stereocenters. The van der Waals surface area contributed by atoms with Gasteiger partial charge in [-0.3, -0.25) is 10.1 Å². The number of hydrogen-bond donors (Lipinski definition) is 1. The maximum Gasteiger partial charge on any atom is 0.326 e. The van der Waals surface area contributed by atoms with Gasteiger partial charge in [-0.15, -0.1) is 0 Å². The van der Waals surface area contributed by atoms with Crippen molar-refractivity contribution in [3.8, 4) is 0 Å². The maximum atomic E-state index is 12.2. The van der Waals surface area contributed by atoms with Crippen LogP contribution in [0.4, 0.5) is 0 Å². The van der Waals surface area contributed by atoms with Crippen molar-refractivity contribution in [2.24, 2.45) is 0 Å². The SMILES string of the molecule is CCOC(=O)C1(NC2CC2)CCN(C)C(C)C1. The molecular formula is C13H24N2O2. The lowest BCUT2D eigenvalue weighted by atomic mass is 9.83. The first-order chi connectivity index (χ1) is 8.07. The third-order valence-electron chi connectivity index (χ3n) is 4.01. The van der Waals surface area contributed by atoms with Gasteiger partial charge in [0.15, 0.2) is 0 Å². The van der Waals surface area contributed by atoms with Crippen molar-refractivity contribution in [1.82, 2.24) is 10.2 Å². The van der Waals surface area contributed by atoms with Gasteiger partial charge in [0.25, 0.3) is 0 Å². The fourth-order valence-electron chi connectivity index (χ4n) is 2.61. The van der Waals surface area contributed by atoms with Crippen molar-refractivity contribution < 1.29 is 9.53 Å². The third-order valence-corrected chi connectivity index (χ3v) is 4.01. The first-order valence-electron chi connectivity index (χ1n) is 6.72. The van der Waals surface area contributed by atoms with E-state index in [0.29, 0.717) is 18.7 Å². The highest BCUT2D eigenvalue weighted by molar-refractivity contribution is 5.81. The molecule has 2 unspecified atom stereocenters. The van der Waals surface area contributed by atoms with Crippen LogP contribution in [-0.4, -0.2) is 48.7 Å². The Labute approximate surface area is 104 Å². The summed E-state index contributed by atoms with van der Waals surface area (Å²) in [5.41, 5.74) is -0.427. The van der Waals surface area contributed by atoms with Crippen molar-refractivity contribution >= 4 is 5.97 Å². The molecule has 4 nitrogen and oxygen atoms in total. The van der Waals surface area contributed by atoms with Crippen LogP contribution in [0.1, 0.15) is 39.5 Å². The Bertz CT molecular complexity index is 291. The highest BCUT2D eigenvalue weighted by atomic mass is 16.5. The monoisotopic (exact) mass is 240 g/mol. The number of rotatable bonds is 4. The Hall–Kier alpha value is -0.610. The molecule has 0 aromatic heterocycles. The number of piperidine rings is 1. The topological polar surface area (TPSA) is 41.6 Å². The van der Waals surface area contributed by atoms with Gasteiger partial charge in [-0.2, -0.15) is 0 Å². The molecule has 1 aliphatic carbocycles. The van der Waals surface area contributed by atoms with Crippen LogP contribution in [0.15, 0.2) is 0 Å². The fraction of sp³-hybridized carbons (Fsp3) is 0.923. The largest absolute Gasteiger partial charge is 0.465 e. The zero-order valence-corrected chi connectivity index (χ0v) is 11.2. The standard InChI is InChI=1S/C13H24N2O2/c1-4-17-12(16)13(14-11-5-6-11)7-8-15(3)10(2)9-13/h10-11,14H,4-9H2,1-3H3. The normalized spacial score (nSPS) is 34.6. The van der Waals surface area contributed by atoms with Crippen LogP contribution in [0.5, 0.6) is 0 Å². The Morgan fingerprint density at radius 2 is 2.24 bits per heavy atom. The molecule has 2 fully saturated rings. The summed E-state index contributed by atoms with van der Waals surface area (Å²) in [5.74, 6) is -0.0492. The zero-order valence-electron chi connectivity index (χ0n) is 11.2. The van der Waals surface area contributed by atoms with Crippen molar-refractivity contribution in [1.29, 1.82) is 0 Å². The van der Waals surface area contributed by atoms with Crippen molar-refractivity contribution in [2.45, 2.75) is 57.2 Å². The minimum absolute atomic E-state index is 0.0492. The maximum absolute atomic E-state index is 12.2. The van der Waals surface area contributed by atoms with E-state index in [1.54, 1.807) is 0 Å². The van der Waals surface area contributed by atoms with Crippen LogP contribution in [0.3, 0.4) is 0 Å². The summed E-state index contributed by atoms with van der Waals surface area (Å²) in [4.78, 5) is 14.5. The van der Waals surface area contributed by atoms with E-state index < -0.39 is 5.54 Å². The fourth-order valence-corrected chi connectivity index (χ4v) is 2.61. The summed E-state index contributed by atoms with van der Waals surface area (Å²) >= 11 is 0. The highest BCUT2D eigenvalue weighted by Crippen LogP contribution is 2.32. The van der Waals surface area contributed by atoms with Gasteiger partial charge in [0.1, 0.15) is 5.54 Å². The van der Waals surface area contributed by atoms with E-state index in [2.05, 4.69) is 24.2 Å². The number of carbonyl (C=O) groups is 1. The summed E-state index contributed by atoms with van der Waals surface area (Å²) in [6.45, 7) is 5.49. The molecule has 1 saturated heterocycles. The number of ether oxygens (including phenoxy) is 1. The summed E-state index contributed by atoms with van der Waals surface area (Å²) in [6.07, 6.45) is 4.12. The van der Waals surface area contributed by atoms with Gasteiger partial charge in [-0.1, -0.05) is 0 Å². The van der Waals surface area contributed by atoms with E-state index in [1.165, 1.54) is 12.8 Å². The van der Waals surface area contributed by atoms with Crippen LogP contribution < -0.4 is 5.32 Å². The van der Waals surface area contributed by atoms with E-state index in [1.807, 2.05) is 6.92 Å². The Balaban J connectivity index is 2.08. The average Bonchev–Trinajstić information content (AvgIpc) is 3.08. The molecule has 0 aromatic carbocycles. The van der Waals surface area contributed by atoms with Crippen LogP contribution >= 0.6 is 0 Å². The molecule has 0 amide bonds. The predicted octanol–water partition coefficient (Wildman–Crippen LogP) is 1.15. The van der Waals surface area contributed by atoms with Crippen LogP contribution in [0.25, 0.3) is 0 Å². The second-order valence-electron chi connectivity index (χ2n) is 5.50. The number of likely N-dealkylation sites (tertiary alicyclic amines) is 1. The summed E-state index contributed by atoms with van der Waals surface area (Å²) in [5, 5.41) is 3.54. The Morgan fingerprint density at radius 1 is 1.53 bits per heavy atom. The van der Waals surface area contributed by atoms with E-state index in [4.69, 9.17) is 4.74 Å². The van der Waals surface area contributed by atoms with E-state index in [-0.39, 0.29) is 5.97 Å². The van der Waals surface area contributed by atoms with Gasteiger partial charge in [0.05, 0.1) is 6.61 Å². The summed E-state index contributed by atoms with van der Waals surface area (Å²) in [7, 11) is 2.12. The lowest BCUT2D eigenvalue weighted by Crippen LogP contribution is -2.61. The van der Waals surface area contributed by atoms with Gasteiger partial charge in [-0.05, 0) is 46.6 Å². The second-order valence-corrected chi connectivity index (χ2v) is 5.50. The number of nitrogens with zero attached hydrogens (tertiary/aromatic N) is 1. The smallest absolute Gasteiger partial charge is 0.326 e. The molecule has 4 heteroatoms. The third kappa shape index (κ3) is 2.80. The molecule has 1 saturated carbocycles. The van der Waals surface area contributed by atoms with E-state index in [0.717, 1.165) is 19.4 Å². The van der Waals surface area contributed by atoms with Gasteiger partial charge in [0.2, 0.25) is 0 Å². The van der Waals surface area contributed by atoms with Gasteiger partial charge < -0.3 is 9.64 Å². The first-order valence-corrected chi connectivity index (χ1v) is 6.72. The molecule has 17 heavy (non-hydrogen) atoms. The number of nitrogens with one attached hydrogen (secondary N) is 1. The van der Waals surface area contributed by atoms with Crippen LogP contribution in [-0.2, 0) is 9.53 Å². The van der Waals surface area contributed by atoms with Crippen LogP contribution in [0, 0.1) is 0 Å². The highest BCUT2D eigenvalue weighted by Gasteiger charge is 2.47. The van der Waals surface area contributed by atoms with Crippen molar-refractivity contribution in [3.05, 3.63) is 0 Å². The molecule has 0 bridgehead atoms. The number of esters is 1. The molecule has 0 radical (unpaired) electrons. The molecule has 2 rings (SSSR count).